The lowest BCUT2D eigenvalue weighted by atomic mass is 10.2. The van der Waals surface area contributed by atoms with Crippen molar-refractivity contribution in [3.05, 3.63) is 17.7 Å². The number of carbonyl (C=O) groups is 1. The van der Waals surface area contributed by atoms with Gasteiger partial charge in [0.25, 0.3) is 0 Å². The van der Waals surface area contributed by atoms with Crippen LogP contribution in [0, 0.1) is 0 Å². The van der Waals surface area contributed by atoms with Crippen molar-refractivity contribution in [3.8, 4) is 17.2 Å². The summed E-state index contributed by atoms with van der Waals surface area (Å²) in [6.07, 6.45) is 0.713. The van der Waals surface area contributed by atoms with Crippen LogP contribution in [0.4, 0.5) is 0 Å². The number of rotatable bonds is 13. The maximum atomic E-state index is 11.3. The van der Waals surface area contributed by atoms with E-state index < -0.39 is 0 Å². The summed E-state index contributed by atoms with van der Waals surface area (Å²) in [7, 11) is 4.75. The van der Waals surface area contributed by atoms with Gasteiger partial charge in [0.15, 0.2) is 17.8 Å². The molecule has 0 fully saturated rings. The highest BCUT2D eigenvalue weighted by Crippen LogP contribution is 2.39. The Morgan fingerprint density at radius 1 is 0.739 bits per heavy atom. The predicted molar refractivity (Wildman–Crippen MR) is 83.9 cm³/mol. The summed E-state index contributed by atoms with van der Waals surface area (Å²) in [5.41, 5.74) is 0.382. The van der Waals surface area contributed by atoms with Crippen LogP contribution in [0.2, 0.25) is 0 Å². The first-order valence-electron chi connectivity index (χ1n) is 7.25. The quantitative estimate of drug-likeness (QED) is 0.402. The molecule has 0 spiro atoms. The summed E-state index contributed by atoms with van der Waals surface area (Å²) >= 11 is 0. The molecule has 1 aromatic carbocycles. The van der Waals surface area contributed by atoms with Crippen molar-refractivity contribution in [2.24, 2.45) is 0 Å². The maximum Gasteiger partial charge on any atom is 0.204 e. The van der Waals surface area contributed by atoms with E-state index in [1.807, 2.05) is 0 Å². The van der Waals surface area contributed by atoms with Gasteiger partial charge in [-0.15, -0.1) is 0 Å². The number of ether oxygens (including phenoxy) is 6. The van der Waals surface area contributed by atoms with Crippen LogP contribution >= 0.6 is 0 Å². The van der Waals surface area contributed by atoms with Crippen LogP contribution in [0.1, 0.15) is 10.4 Å². The molecule has 7 heteroatoms. The van der Waals surface area contributed by atoms with Gasteiger partial charge in [-0.1, -0.05) is 0 Å². The SMILES string of the molecule is COCCOc1ccc(C=O)c(OCCOC)c1OCCOC. The minimum Gasteiger partial charge on any atom is -0.487 e. The van der Waals surface area contributed by atoms with Gasteiger partial charge in [0, 0.05) is 21.3 Å². The van der Waals surface area contributed by atoms with Crippen LogP contribution in [0.5, 0.6) is 17.2 Å². The van der Waals surface area contributed by atoms with E-state index in [1.54, 1.807) is 33.5 Å². The Bertz CT molecular complexity index is 462. The van der Waals surface area contributed by atoms with E-state index in [-0.39, 0.29) is 0 Å². The zero-order valence-corrected chi connectivity index (χ0v) is 13.8. The van der Waals surface area contributed by atoms with Gasteiger partial charge in [-0.25, -0.2) is 0 Å². The summed E-state index contributed by atoms with van der Waals surface area (Å²) in [5, 5.41) is 0. The molecule has 7 nitrogen and oxygen atoms in total. The van der Waals surface area contributed by atoms with Gasteiger partial charge in [0.05, 0.1) is 25.4 Å². The van der Waals surface area contributed by atoms with E-state index in [0.717, 1.165) is 0 Å². The summed E-state index contributed by atoms with van der Waals surface area (Å²) < 4.78 is 31.9. The van der Waals surface area contributed by atoms with Crippen molar-refractivity contribution in [2.75, 3.05) is 61.0 Å². The fourth-order valence-electron chi connectivity index (χ4n) is 1.74. The molecule has 0 saturated heterocycles. The zero-order valence-electron chi connectivity index (χ0n) is 13.8. The standard InChI is InChI=1S/C16H24O7/c1-18-6-9-21-14-5-4-13(12-17)15(22-10-7-19-2)16(14)23-11-8-20-3/h4-5,12H,6-11H2,1-3H3. The van der Waals surface area contributed by atoms with E-state index in [1.165, 1.54) is 0 Å². The minimum absolute atomic E-state index is 0.291. The Labute approximate surface area is 136 Å². The highest BCUT2D eigenvalue weighted by atomic mass is 16.6. The van der Waals surface area contributed by atoms with Crippen LogP contribution in [0.15, 0.2) is 12.1 Å². The number of methoxy groups -OCH3 is 3. The van der Waals surface area contributed by atoms with Crippen molar-refractivity contribution in [2.45, 2.75) is 0 Å². The Kier molecular flexibility index (Phi) is 9.78. The van der Waals surface area contributed by atoms with Crippen molar-refractivity contribution < 1.29 is 33.2 Å². The third-order valence-electron chi connectivity index (χ3n) is 2.85. The highest BCUT2D eigenvalue weighted by molar-refractivity contribution is 5.82. The Balaban J connectivity index is 3.01. The van der Waals surface area contributed by atoms with Gasteiger partial charge in [0.2, 0.25) is 5.75 Å². The lowest BCUT2D eigenvalue weighted by molar-refractivity contribution is 0.110. The molecule has 130 valence electrons. The Morgan fingerprint density at radius 3 is 1.78 bits per heavy atom. The van der Waals surface area contributed by atoms with Crippen molar-refractivity contribution in [1.29, 1.82) is 0 Å². The topological polar surface area (TPSA) is 72.5 Å². The molecule has 0 unspecified atom stereocenters. The molecule has 0 heterocycles. The number of benzene rings is 1. The van der Waals surface area contributed by atoms with Gasteiger partial charge in [-0.2, -0.15) is 0 Å². The summed E-state index contributed by atoms with van der Waals surface area (Å²) in [5.74, 6) is 1.19. The summed E-state index contributed by atoms with van der Waals surface area (Å²) in [4.78, 5) is 11.3. The monoisotopic (exact) mass is 328 g/mol. The first-order chi connectivity index (χ1) is 11.3. The first-order valence-corrected chi connectivity index (χ1v) is 7.25. The van der Waals surface area contributed by atoms with E-state index in [9.17, 15) is 4.79 Å². The molecular weight excluding hydrogens is 304 g/mol. The number of hydrogen-bond donors (Lipinski definition) is 0. The number of aldehydes is 1. The molecule has 0 aliphatic rings. The minimum atomic E-state index is 0.291. The number of hydrogen-bond acceptors (Lipinski definition) is 7. The molecule has 1 rings (SSSR count). The van der Waals surface area contributed by atoms with Crippen LogP contribution in [-0.2, 0) is 14.2 Å². The van der Waals surface area contributed by atoms with Crippen molar-refractivity contribution in [3.63, 3.8) is 0 Å². The molecule has 0 aromatic heterocycles. The second-order valence-corrected chi connectivity index (χ2v) is 4.45. The van der Waals surface area contributed by atoms with Crippen LogP contribution < -0.4 is 14.2 Å². The summed E-state index contributed by atoms with van der Waals surface area (Å²) in [6.45, 7) is 2.19. The van der Waals surface area contributed by atoms with Crippen LogP contribution in [0.3, 0.4) is 0 Å². The molecule has 0 bridgehead atoms. The molecule has 23 heavy (non-hydrogen) atoms. The normalized spacial score (nSPS) is 10.4. The zero-order chi connectivity index (χ0) is 16.9. The molecule has 0 atom stereocenters. The van der Waals surface area contributed by atoms with E-state index in [4.69, 9.17) is 28.4 Å². The van der Waals surface area contributed by atoms with Crippen LogP contribution in [-0.4, -0.2) is 67.3 Å². The fraction of sp³-hybridized carbons (Fsp3) is 0.562. The lowest BCUT2D eigenvalue weighted by Crippen LogP contribution is -2.12. The maximum absolute atomic E-state index is 11.3. The second-order valence-electron chi connectivity index (χ2n) is 4.45. The largest absolute Gasteiger partial charge is 0.487 e. The number of carbonyl (C=O) groups excluding carboxylic acids is 1. The van der Waals surface area contributed by atoms with Crippen molar-refractivity contribution >= 4 is 6.29 Å². The molecule has 0 radical (unpaired) electrons. The second kappa shape index (κ2) is 11.7. The Hall–Kier alpha value is -1.83. The highest BCUT2D eigenvalue weighted by Gasteiger charge is 2.18. The van der Waals surface area contributed by atoms with Gasteiger partial charge < -0.3 is 28.4 Å². The van der Waals surface area contributed by atoms with E-state index >= 15 is 0 Å². The summed E-state index contributed by atoms with van der Waals surface area (Å²) in [6, 6.07) is 3.30. The lowest BCUT2D eigenvalue weighted by Gasteiger charge is -2.18. The predicted octanol–water partition coefficient (Wildman–Crippen LogP) is 1.57. The smallest absolute Gasteiger partial charge is 0.204 e. The molecule has 0 saturated carbocycles. The van der Waals surface area contributed by atoms with Crippen LogP contribution in [0.25, 0.3) is 0 Å². The molecule has 0 amide bonds. The van der Waals surface area contributed by atoms with Gasteiger partial charge in [-0.3, -0.25) is 4.79 Å². The van der Waals surface area contributed by atoms with E-state index in [0.29, 0.717) is 68.7 Å². The molecule has 0 N–H and O–H groups in total. The molecule has 0 aliphatic heterocycles. The average Bonchev–Trinajstić information content (AvgIpc) is 2.57. The molecule has 1 aromatic rings. The van der Waals surface area contributed by atoms with Gasteiger partial charge in [0.1, 0.15) is 19.8 Å². The average molecular weight is 328 g/mol. The first kappa shape index (κ1) is 19.2. The van der Waals surface area contributed by atoms with Gasteiger partial charge in [-0.05, 0) is 12.1 Å². The third kappa shape index (κ3) is 6.43. The molecular formula is C16H24O7. The molecule has 0 aliphatic carbocycles. The van der Waals surface area contributed by atoms with Gasteiger partial charge >= 0.3 is 0 Å². The van der Waals surface area contributed by atoms with Crippen molar-refractivity contribution in [1.82, 2.24) is 0 Å². The Morgan fingerprint density at radius 2 is 1.26 bits per heavy atom. The van der Waals surface area contributed by atoms with E-state index in [2.05, 4.69) is 0 Å². The third-order valence-corrected chi connectivity index (χ3v) is 2.85. The fourth-order valence-corrected chi connectivity index (χ4v) is 1.74.